The Morgan fingerprint density at radius 1 is 1.38 bits per heavy atom. The molecule has 7 atom stereocenters. The lowest BCUT2D eigenvalue weighted by molar-refractivity contribution is -0.215. The summed E-state index contributed by atoms with van der Waals surface area (Å²) in [7, 11) is 0. The van der Waals surface area contributed by atoms with E-state index in [1.165, 1.54) is 0 Å². The van der Waals surface area contributed by atoms with Gasteiger partial charge < -0.3 is 35.6 Å². The maximum absolute atomic E-state index is 13.8. The number of rotatable bonds is 5. The van der Waals surface area contributed by atoms with Crippen molar-refractivity contribution < 1.29 is 44.2 Å². The summed E-state index contributed by atoms with van der Waals surface area (Å²) in [5, 5.41) is 48.8. The Hall–Kier alpha value is -1.33. The Kier molecular flexibility index (Phi) is 5.98. The van der Waals surface area contributed by atoms with Gasteiger partial charge in [0.1, 0.15) is 24.4 Å². The highest BCUT2D eigenvalue weighted by molar-refractivity contribution is 5.75. The molecule has 0 unspecified atom stereocenters. The molecule has 0 spiro atoms. The van der Waals surface area contributed by atoms with Crippen molar-refractivity contribution >= 4 is 11.9 Å². The third kappa shape index (κ3) is 3.86. The molecule has 0 saturated carbocycles. The first-order chi connectivity index (χ1) is 9.70. The third-order valence-electron chi connectivity index (χ3n) is 3.17. The molecule has 6 N–H and O–H groups in total. The normalized spacial score (nSPS) is 35.8. The first kappa shape index (κ1) is 17.7. The number of carbonyl (C=O) groups is 2. The molecule has 0 aromatic rings. The van der Waals surface area contributed by atoms with Crippen LogP contribution in [0.3, 0.4) is 0 Å². The number of carbonyl (C=O) groups excluding carboxylic acids is 1. The zero-order chi connectivity index (χ0) is 16.3. The van der Waals surface area contributed by atoms with E-state index in [-0.39, 0.29) is 0 Å². The number of carboxylic acids is 1. The number of aliphatic carboxylic acids is 1. The van der Waals surface area contributed by atoms with Gasteiger partial charge >= 0.3 is 5.97 Å². The third-order valence-corrected chi connectivity index (χ3v) is 3.17. The van der Waals surface area contributed by atoms with Crippen molar-refractivity contribution in [3.63, 3.8) is 0 Å². The Morgan fingerprint density at radius 3 is 2.38 bits per heavy atom. The van der Waals surface area contributed by atoms with Crippen LogP contribution in [0.1, 0.15) is 6.92 Å². The molecule has 1 aliphatic heterocycles. The molecule has 21 heavy (non-hydrogen) atoms. The van der Waals surface area contributed by atoms with Gasteiger partial charge in [0, 0.05) is 6.92 Å². The molecule has 1 aliphatic rings. The average Bonchev–Trinajstić information content (AvgIpc) is 2.41. The Morgan fingerprint density at radius 2 is 1.95 bits per heavy atom. The highest BCUT2D eigenvalue weighted by Crippen LogP contribution is 2.27. The summed E-state index contributed by atoms with van der Waals surface area (Å²) in [5.41, 5.74) is 0. The number of halogens is 1. The van der Waals surface area contributed by atoms with Gasteiger partial charge in [-0.1, -0.05) is 0 Å². The summed E-state index contributed by atoms with van der Waals surface area (Å²) >= 11 is 0. The van der Waals surface area contributed by atoms with Crippen LogP contribution in [0.15, 0.2) is 0 Å². The number of nitrogens with one attached hydrogen (secondary N) is 1. The molecule has 1 amide bonds. The molecule has 0 radical (unpaired) electrons. The van der Waals surface area contributed by atoms with Gasteiger partial charge in [-0.25, -0.2) is 9.18 Å². The van der Waals surface area contributed by atoms with Crippen LogP contribution in [-0.4, -0.2) is 86.7 Å². The van der Waals surface area contributed by atoms with Gasteiger partial charge in [0.2, 0.25) is 5.91 Å². The second-order valence-electron chi connectivity index (χ2n) is 4.76. The first-order valence-electron chi connectivity index (χ1n) is 6.15. The highest BCUT2D eigenvalue weighted by Gasteiger charge is 2.52. The zero-order valence-electron chi connectivity index (χ0n) is 11.1. The van der Waals surface area contributed by atoms with E-state index < -0.39 is 61.2 Å². The van der Waals surface area contributed by atoms with Gasteiger partial charge in [0.05, 0.1) is 12.6 Å². The summed E-state index contributed by atoms with van der Waals surface area (Å²) in [6, 6.07) is -1.48. The Balaban J connectivity index is 3.06. The SMILES string of the molecule is CC(=O)N[C@@H]1[C@@H](O)[C@@H](F)[C@@H](C(=O)O)O[C@H]1[C@H](O)[C@H](O)CO. The number of ether oxygens (including phenoxy) is 1. The van der Waals surface area contributed by atoms with E-state index in [1.54, 1.807) is 0 Å². The number of amides is 1. The van der Waals surface area contributed by atoms with Crippen LogP contribution in [0.5, 0.6) is 0 Å². The van der Waals surface area contributed by atoms with Crippen LogP contribution in [0.2, 0.25) is 0 Å². The van der Waals surface area contributed by atoms with E-state index in [4.69, 9.17) is 14.9 Å². The molecular formula is C11H18FNO8. The largest absolute Gasteiger partial charge is 0.479 e. The molecule has 1 fully saturated rings. The van der Waals surface area contributed by atoms with Crippen molar-refractivity contribution in [2.45, 2.75) is 49.7 Å². The van der Waals surface area contributed by atoms with Crippen molar-refractivity contribution in [3.05, 3.63) is 0 Å². The molecule has 10 heteroatoms. The van der Waals surface area contributed by atoms with Crippen molar-refractivity contribution in [1.29, 1.82) is 0 Å². The summed E-state index contributed by atoms with van der Waals surface area (Å²) in [4.78, 5) is 22.0. The van der Waals surface area contributed by atoms with E-state index in [1.807, 2.05) is 0 Å². The fourth-order valence-corrected chi connectivity index (χ4v) is 2.12. The quantitative estimate of drug-likeness (QED) is 0.309. The van der Waals surface area contributed by atoms with Crippen LogP contribution in [-0.2, 0) is 14.3 Å². The highest BCUT2D eigenvalue weighted by atomic mass is 19.1. The number of aliphatic hydroxyl groups excluding tert-OH is 4. The average molecular weight is 311 g/mol. The molecule has 9 nitrogen and oxygen atoms in total. The molecule has 0 aliphatic carbocycles. The minimum atomic E-state index is -2.34. The molecule has 1 saturated heterocycles. The maximum atomic E-state index is 13.8. The molecule has 122 valence electrons. The number of alkyl halides is 1. The van der Waals surface area contributed by atoms with Crippen molar-refractivity contribution in [3.8, 4) is 0 Å². The smallest absolute Gasteiger partial charge is 0.336 e. The van der Waals surface area contributed by atoms with Gasteiger partial charge in [0.25, 0.3) is 0 Å². The lowest BCUT2D eigenvalue weighted by Crippen LogP contribution is -2.67. The maximum Gasteiger partial charge on any atom is 0.336 e. The predicted octanol–water partition coefficient (Wildman–Crippen LogP) is -3.24. The fraction of sp³-hybridized carbons (Fsp3) is 0.818. The van der Waals surface area contributed by atoms with E-state index in [0.29, 0.717) is 0 Å². The lowest BCUT2D eigenvalue weighted by atomic mass is 9.89. The Labute approximate surface area is 119 Å². The first-order valence-corrected chi connectivity index (χ1v) is 6.15. The monoisotopic (exact) mass is 311 g/mol. The molecular weight excluding hydrogens is 293 g/mol. The molecule has 0 bridgehead atoms. The summed E-state index contributed by atoms with van der Waals surface area (Å²) in [5.74, 6) is -2.39. The van der Waals surface area contributed by atoms with Gasteiger partial charge in [-0.05, 0) is 0 Å². The number of hydrogen-bond donors (Lipinski definition) is 6. The summed E-state index contributed by atoms with van der Waals surface area (Å²) in [6.45, 7) is 0.190. The van der Waals surface area contributed by atoms with Crippen LogP contribution < -0.4 is 5.32 Å². The minimum absolute atomic E-state index is 0.681. The topological polar surface area (TPSA) is 157 Å². The zero-order valence-corrected chi connectivity index (χ0v) is 11.1. The van der Waals surface area contributed by atoms with Crippen molar-refractivity contribution in [2.24, 2.45) is 0 Å². The lowest BCUT2D eigenvalue weighted by Gasteiger charge is -2.43. The van der Waals surface area contributed by atoms with Crippen molar-refractivity contribution in [1.82, 2.24) is 5.32 Å². The van der Waals surface area contributed by atoms with Crippen LogP contribution >= 0.6 is 0 Å². The summed E-state index contributed by atoms with van der Waals surface area (Å²) < 4.78 is 18.7. The standard InChI is InChI=1S/C11H18FNO8/c1-3(15)13-6-8(18)5(12)9(11(19)20)21-10(6)7(17)4(16)2-14/h4-10,14,16-18H,2H2,1H3,(H,13,15)(H,19,20)/t4-,5-,6-,7-,8+,9+,10-/m1/s1. The molecule has 0 aromatic carbocycles. The van der Waals surface area contributed by atoms with Gasteiger partial charge in [0.15, 0.2) is 12.3 Å². The summed E-state index contributed by atoms with van der Waals surface area (Å²) in [6.07, 6.45) is -11.5. The second-order valence-corrected chi connectivity index (χ2v) is 4.76. The predicted molar refractivity (Wildman–Crippen MR) is 63.9 cm³/mol. The minimum Gasteiger partial charge on any atom is -0.479 e. The van der Waals surface area contributed by atoms with Gasteiger partial charge in [-0.15, -0.1) is 0 Å². The van der Waals surface area contributed by atoms with E-state index >= 15 is 0 Å². The van der Waals surface area contributed by atoms with Crippen LogP contribution in [0.4, 0.5) is 4.39 Å². The van der Waals surface area contributed by atoms with Gasteiger partial charge in [-0.3, -0.25) is 4.79 Å². The number of hydrogen-bond acceptors (Lipinski definition) is 7. The Bertz CT molecular complexity index is 394. The van der Waals surface area contributed by atoms with E-state index in [2.05, 4.69) is 5.32 Å². The molecule has 1 rings (SSSR count). The van der Waals surface area contributed by atoms with E-state index in [9.17, 15) is 29.3 Å². The van der Waals surface area contributed by atoms with Crippen LogP contribution in [0.25, 0.3) is 0 Å². The molecule has 1 heterocycles. The second kappa shape index (κ2) is 7.09. The fourth-order valence-electron chi connectivity index (χ4n) is 2.12. The number of aliphatic hydroxyl groups is 4. The van der Waals surface area contributed by atoms with Crippen LogP contribution in [0, 0.1) is 0 Å². The number of carboxylic acid groups (broad SMARTS) is 1. The molecule has 0 aromatic heterocycles. The van der Waals surface area contributed by atoms with Crippen molar-refractivity contribution in [2.75, 3.05) is 6.61 Å². The van der Waals surface area contributed by atoms with E-state index in [0.717, 1.165) is 6.92 Å². The van der Waals surface area contributed by atoms with Gasteiger partial charge in [-0.2, -0.15) is 0 Å².